The molecule has 1 nitrogen and oxygen atoms in total. The highest BCUT2D eigenvalue weighted by Crippen LogP contribution is 2.22. The third-order valence-electron chi connectivity index (χ3n) is 3.22. The van der Waals surface area contributed by atoms with Crippen molar-refractivity contribution in [2.45, 2.75) is 46.0 Å². The van der Waals surface area contributed by atoms with Gasteiger partial charge in [-0.3, -0.25) is 4.79 Å². The van der Waals surface area contributed by atoms with E-state index in [0.717, 1.165) is 37.7 Å². The molecule has 1 aromatic carbocycles. The Balaban J connectivity index is 2.31. The van der Waals surface area contributed by atoms with Gasteiger partial charge in [0.1, 0.15) is 0 Å². The number of hydrogen-bond donors (Lipinski definition) is 0. The predicted molar refractivity (Wildman–Crippen MR) is 66.9 cm³/mol. The normalized spacial score (nSPS) is 16.1. The van der Waals surface area contributed by atoms with Crippen molar-refractivity contribution < 1.29 is 4.79 Å². The molecule has 0 spiro atoms. The summed E-state index contributed by atoms with van der Waals surface area (Å²) in [5.74, 6) is 0.997. The number of benzene rings is 1. The third kappa shape index (κ3) is 2.52. The van der Waals surface area contributed by atoms with Crippen molar-refractivity contribution in [2.24, 2.45) is 5.92 Å². The highest BCUT2D eigenvalue weighted by molar-refractivity contribution is 5.98. The van der Waals surface area contributed by atoms with Gasteiger partial charge in [0, 0.05) is 12.0 Å². The fourth-order valence-electron chi connectivity index (χ4n) is 2.44. The molecule has 1 heteroatoms. The zero-order valence-electron chi connectivity index (χ0n) is 10.3. The first-order valence-corrected chi connectivity index (χ1v) is 6.32. The molecule has 0 heterocycles. The average Bonchev–Trinajstić information content (AvgIpc) is 2.41. The Hall–Kier alpha value is -1.11. The molecule has 1 aromatic rings. The van der Waals surface area contributed by atoms with Gasteiger partial charge in [0.15, 0.2) is 5.78 Å². The lowest BCUT2D eigenvalue weighted by atomic mass is 9.95. The highest BCUT2D eigenvalue weighted by Gasteiger charge is 2.15. The fraction of sp³-hybridized carbons (Fsp3) is 0.533. The molecule has 1 aliphatic rings. The lowest BCUT2D eigenvalue weighted by molar-refractivity contribution is 0.0982. The van der Waals surface area contributed by atoms with Crippen LogP contribution in [0.4, 0.5) is 0 Å². The quantitative estimate of drug-likeness (QED) is 0.687. The Morgan fingerprint density at radius 2 is 1.94 bits per heavy atom. The minimum Gasteiger partial charge on any atom is -0.294 e. The van der Waals surface area contributed by atoms with Crippen LogP contribution in [0.15, 0.2) is 18.2 Å². The van der Waals surface area contributed by atoms with Gasteiger partial charge in [-0.05, 0) is 48.8 Å². The van der Waals surface area contributed by atoms with Crippen LogP contribution in [0.25, 0.3) is 0 Å². The van der Waals surface area contributed by atoms with Gasteiger partial charge in [0.05, 0.1) is 0 Å². The van der Waals surface area contributed by atoms with E-state index in [1.54, 1.807) is 0 Å². The molecule has 2 rings (SSSR count). The van der Waals surface area contributed by atoms with Crippen molar-refractivity contribution in [1.82, 2.24) is 0 Å². The Labute approximate surface area is 97.9 Å². The number of aryl methyl sites for hydroxylation is 1. The first-order valence-electron chi connectivity index (χ1n) is 6.32. The van der Waals surface area contributed by atoms with E-state index in [1.165, 1.54) is 11.1 Å². The molecule has 0 saturated heterocycles. The summed E-state index contributed by atoms with van der Waals surface area (Å²) in [7, 11) is 0. The van der Waals surface area contributed by atoms with E-state index in [2.05, 4.69) is 32.0 Å². The maximum absolute atomic E-state index is 11.9. The summed E-state index contributed by atoms with van der Waals surface area (Å²) >= 11 is 0. The standard InChI is InChI=1S/C15H20O/c1-11(2)9-12-7-8-13-5-3-4-6-15(16)14(13)10-12/h7-8,10-11H,3-6,9H2,1-2H3. The summed E-state index contributed by atoms with van der Waals surface area (Å²) in [4.78, 5) is 11.9. The Morgan fingerprint density at radius 1 is 1.19 bits per heavy atom. The zero-order chi connectivity index (χ0) is 11.5. The Kier molecular flexibility index (Phi) is 3.42. The Bertz CT molecular complexity index is 390. The van der Waals surface area contributed by atoms with Gasteiger partial charge in [0.2, 0.25) is 0 Å². The molecule has 0 saturated carbocycles. The van der Waals surface area contributed by atoms with E-state index in [-0.39, 0.29) is 0 Å². The molecule has 0 atom stereocenters. The first kappa shape index (κ1) is 11.4. The number of carbonyl (C=O) groups excluding carboxylic acids is 1. The van der Waals surface area contributed by atoms with Gasteiger partial charge >= 0.3 is 0 Å². The first-order chi connectivity index (χ1) is 7.66. The van der Waals surface area contributed by atoms with Crippen molar-refractivity contribution >= 4 is 5.78 Å². The van der Waals surface area contributed by atoms with Crippen LogP contribution in [0.2, 0.25) is 0 Å². The van der Waals surface area contributed by atoms with Gasteiger partial charge in [-0.25, -0.2) is 0 Å². The number of fused-ring (bicyclic) bond motifs is 1. The SMILES string of the molecule is CC(C)Cc1ccc2c(c1)C(=O)CCCC2. The summed E-state index contributed by atoms with van der Waals surface area (Å²) < 4.78 is 0. The maximum Gasteiger partial charge on any atom is 0.163 e. The molecule has 0 amide bonds. The molecular weight excluding hydrogens is 196 g/mol. The van der Waals surface area contributed by atoms with Crippen molar-refractivity contribution in [3.05, 3.63) is 34.9 Å². The number of rotatable bonds is 2. The van der Waals surface area contributed by atoms with E-state index in [0.29, 0.717) is 11.7 Å². The van der Waals surface area contributed by atoms with Gasteiger partial charge in [-0.2, -0.15) is 0 Å². The fourth-order valence-corrected chi connectivity index (χ4v) is 2.44. The van der Waals surface area contributed by atoms with E-state index in [1.807, 2.05) is 0 Å². The topological polar surface area (TPSA) is 17.1 Å². The van der Waals surface area contributed by atoms with E-state index >= 15 is 0 Å². The highest BCUT2D eigenvalue weighted by atomic mass is 16.1. The van der Waals surface area contributed by atoms with Crippen molar-refractivity contribution in [3.63, 3.8) is 0 Å². The van der Waals surface area contributed by atoms with Gasteiger partial charge in [-0.15, -0.1) is 0 Å². The number of carbonyl (C=O) groups is 1. The molecule has 0 radical (unpaired) electrons. The molecule has 1 aliphatic carbocycles. The van der Waals surface area contributed by atoms with Crippen LogP contribution in [-0.2, 0) is 12.8 Å². The molecule has 0 fully saturated rings. The summed E-state index contributed by atoms with van der Waals surface area (Å²) in [6, 6.07) is 6.48. The third-order valence-corrected chi connectivity index (χ3v) is 3.22. The van der Waals surface area contributed by atoms with Gasteiger partial charge in [-0.1, -0.05) is 26.0 Å². The van der Waals surface area contributed by atoms with Crippen LogP contribution in [0.5, 0.6) is 0 Å². The minimum atomic E-state index is 0.345. The predicted octanol–water partition coefficient (Wildman–Crippen LogP) is 3.79. The molecule has 0 aliphatic heterocycles. The second-order valence-electron chi connectivity index (χ2n) is 5.22. The second-order valence-corrected chi connectivity index (χ2v) is 5.22. The van der Waals surface area contributed by atoms with E-state index in [4.69, 9.17) is 0 Å². The van der Waals surface area contributed by atoms with Gasteiger partial charge < -0.3 is 0 Å². The number of hydrogen-bond acceptors (Lipinski definition) is 1. The number of Topliss-reactive ketones (excluding diaryl/α,β-unsaturated/α-hetero) is 1. The largest absolute Gasteiger partial charge is 0.294 e. The van der Waals surface area contributed by atoms with E-state index in [9.17, 15) is 4.79 Å². The van der Waals surface area contributed by atoms with Crippen LogP contribution in [0.3, 0.4) is 0 Å². The molecule has 86 valence electrons. The van der Waals surface area contributed by atoms with Crippen molar-refractivity contribution in [1.29, 1.82) is 0 Å². The summed E-state index contributed by atoms with van der Waals surface area (Å²) in [5.41, 5.74) is 3.56. The lowest BCUT2D eigenvalue weighted by Gasteiger charge is -2.09. The van der Waals surface area contributed by atoms with Crippen LogP contribution in [0, 0.1) is 5.92 Å². The molecule has 0 N–H and O–H groups in total. The average molecular weight is 216 g/mol. The second kappa shape index (κ2) is 4.82. The number of ketones is 1. The van der Waals surface area contributed by atoms with Crippen LogP contribution in [0.1, 0.15) is 54.6 Å². The van der Waals surface area contributed by atoms with Crippen LogP contribution in [-0.4, -0.2) is 5.78 Å². The van der Waals surface area contributed by atoms with Crippen LogP contribution >= 0.6 is 0 Å². The summed E-state index contributed by atoms with van der Waals surface area (Å²) in [5, 5.41) is 0. The van der Waals surface area contributed by atoms with Crippen LogP contribution < -0.4 is 0 Å². The van der Waals surface area contributed by atoms with Crippen molar-refractivity contribution in [3.8, 4) is 0 Å². The smallest absolute Gasteiger partial charge is 0.163 e. The lowest BCUT2D eigenvalue weighted by Crippen LogP contribution is -2.03. The molecule has 0 unspecified atom stereocenters. The molecule has 16 heavy (non-hydrogen) atoms. The minimum absolute atomic E-state index is 0.345. The van der Waals surface area contributed by atoms with Crippen molar-refractivity contribution in [2.75, 3.05) is 0 Å². The Morgan fingerprint density at radius 3 is 2.69 bits per heavy atom. The molecular formula is C15H20O. The molecule has 0 aromatic heterocycles. The monoisotopic (exact) mass is 216 g/mol. The molecule has 0 bridgehead atoms. The summed E-state index contributed by atoms with van der Waals surface area (Å²) in [6.45, 7) is 4.43. The van der Waals surface area contributed by atoms with E-state index < -0.39 is 0 Å². The van der Waals surface area contributed by atoms with Gasteiger partial charge in [0.25, 0.3) is 0 Å². The zero-order valence-corrected chi connectivity index (χ0v) is 10.3. The summed E-state index contributed by atoms with van der Waals surface area (Å²) in [6.07, 6.45) is 5.08. The maximum atomic E-state index is 11.9.